The summed E-state index contributed by atoms with van der Waals surface area (Å²) in [4.78, 5) is 0. The number of thioether (sulfide) groups is 1. The highest BCUT2D eigenvalue weighted by molar-refractivity contribution is 9.10. The van der Waals surface area contributed by atoms with Gasteiger partial charge in [0.15, 0.2) is 0 Å². The van der Waals surface area contributed by atoms with Crippen molar-refractivity contribution in [1.29, 1.82) is 0 Å². The minimum absolute atomic E-state index is 0.455. The fraction of sp³-hybridized carbons (Fsp3) is 0.125. The molecule has 0 aliphatic carbocycles. The molecule has 0 amide bonds. The molecule has 118 valence electrons. The largest absolute Gasteiger partial charge is 0.496 e. The topological polar surface area (TPSA) is 48.2 Å². The molecule has 0 unspecified atom stereocenters. The van der Waals surface area contributed by atoms with E-state index in [4.69, 9.17) is 20.8 Å². The van der Waals surface area contributed by atoms with Crippen LogP contribution < -0.4 is 4.74 Å². The Morgan fingerprint density at radius 3 is 2.87 bits per heavy atom. The molecule has 0 spiro atoms. The summed E-state index contributed by atoms with van der Waals surface area (Å²) >= 11 is 10.9. The van der Waals surface area contributed by atoms with Gasteiger partial charge in [0, 0.05) is 26.4 Å². The van der Waals surface area contributed by atoms with Crippen LogP contribution in [0.25, 0.3) is 11.5 Å². The third-order valence-corrected chi connectivity index (χ3v) is 4.67. The van der Waals surface area contributed by atoms with Crippen molar-refractivity contribution < 1.29 is 9.15 Å². The molecule has 2 aromatic carbocycles. The molecular formula is C16H12BrClN2O2S. The highest BCUT2D eigenvalue weighted by Gasteiger charge is 2.11. The van der Waals surface area contributed by atoms with Gasteiger partial charge < -0.3 is 9.15 Å². The van der Waals surface area contributed by atoms with Crippen LogP contribution in [-0.2, 0) is 5.75 Å². The quantitative estimate of drug-likeness (QED) is 0.522. The number of nitrogens with zero attached hydrogens (tertiary/aromatic N) is 2. The molecule has 0 fully saturated rings. The molecule has 0 aliphatic heterocycles. The van der Waals surface area contributed by atoms with Crippen molar-refractivity contribution in [3.63, 3.8) is 0 Å². The molecular weight excluding hydrogens is 400 g/mol. The average molecular weight is 412 g/mol. The summed E-state index contributed by atoms with van der Waals surface area (Å²) in [6.07, 6.45) is 0. The molecule has 0 saturated heterocycles. The molecule has 1 aromatic heterocycles. The van der Waals surface area contributed by atoms with Crippen molar-refractivity contribution in [2.45, 2.75) is 11.0 Å². The predicted octanol–water partition coefficient (Wildman–Crippen LogP) is 5.45. The van der Waals surface area contributed by atoms with E-state index in [1.54, 1.807) is 19.2 Å². The molecule has 4 nitrogen and oxygen atoms in total. The van der Waals surface area contributed by atoms with Gasteiger partial charge in [0.25, 0.3) is 5.22 Å². The third kappa shape index (κ3) is 4.07. The van der Waals surface area contributed by atoms with E-state index in [2.05, 4.69) is 26.1 Å². The molecule has 0 aliphatic rings. The van der Waals surface area contributed by atoms with Crippen LogP contribution in [0.3, 0.4) is 0 Å². The number of hydrogen-bond donors (Lipinski definition) is 0. The van der Waals surface area contributed by atoms with Crippen molar-refractivity contribution in [3.8, 4) is 17.2 Å². The van der Waals surface area contributed by atoms with Gasteiger partial charge in [-0.05, 0) is 36.4 Å². The first-order valence-corrected chi connectivity index (χ1v) is 8.86. The van der Waals surface area contributed by atoms with Gasteiger partial charge in [-0.25, -0.2) is 0 Å². The van der Waals surface area contributed by atoms with Crippen molar-refractivity contribution in [2.24, 2.45) is 0 Å². The van der Waals surface area contributed by atoms with E-state index >= 15 is 0 Å². The molecule has 3 aromatic rings. The zero-order valence-corrected chi connectivity index (χ0v) is 15.3. The molecule has 0 atom stereocenters. The second kappa shape index (κ2) is 7.38. The Morgan fingerprint density at radius 2 is 2.09 bits per heavy atom. The van der Waals surface area contributed by atoms with E-state index in [0.717, 1.165) is 21.3 Å². The SMILES string of the molecule is COc1ccc(Br)cc1CSc1nnc(-c2cccc(Cl)c2)o1. The number of benzene rings is 2. The Morgan fingerprint density at radius 1 is 1.22 bits per heavy atom. The monoisotopic (exact) mass is 410 g/mol. The fourth-order valence-electron chi connectivity index (χ4n) is 2.01. The summed E-state index contributed by atoms with van der Waals surface area (Å²) in [7, 11) is 1.65. The van der Waals surface area contributed by atoms with E-state index < -0.39 is 0 Å². The Labute approximate surface area is 151 Å². The number of hydrogen-bond acceptors (Lipinski definition) is 5. The van der Waals surface area contributed by atoms with Gasteiger partial charge in [-0.3, -0.25) is 0 Å². The standard InChI is InChI=1S/C16H12BrClN2O2S/c1-21-14-6-5-12(17)7-11(14)9-23-16-20-19-15(22-16)10-3-2-4-13(18)8-10/h2-8H,9H2,1H3. The molecule has 0 radical (unpaired) electrons. The van der Waals surface area contributed by atoms with Gasteiger partial charge in [-0.15, -0.1) is 10.2 Å². The lowest BCUT2D eigenvalue weighted by molar-refractivity contribution is 0.411. The summed E-state index contributed by atoms with van der Waals surface area (Å²) in [6, 6.07) is 13.2. The van der Waals surface area contributed by atoms with Crippen molar-refractivity contribution >= 4 is 39.3 Å². The second-order valence-corrected chi connectivity index (χ2v) is 6.91. The van der Waals surface area contributed by atoms with Crippen LogP contribution in [-0.4, -0.2) is 17.3 Å². The van der Waals surface area contributed by atoms with E-state index in [9.17, 15) is 0 Å². The molecule has 1 heterocycles. The van der Waals surface area contributed by atoms with E-state index in [-0.39, 0.29) is 0 Å². The van der Waals surface area contributed by atoms with Crippen LogP contribution >= 0.6 is 39.3 Å². The van der Waals surface area contributed by atoms with Gasteiger partial charge >= 0.3 is 0 Å². The van der Waals surface area contributed by atoms with Crippen LogP contribution in [0.1, 0.15) is 5.56 Å². The average Bonchev–Trinajstić information content (AvgIpc) is 3.02. The third-order valence-electron chi connectivity index (χ3n) is 3.07. The first kappa shape index (κ1) is 16.4. The van der Waals surface area contributed by atoms with Gasteiger partial charge in [0.2, 0.25) is 5.89 Å². The van der Waals surface area contributed by atoms with Crippen molar-refractivity contribution in [1.82, 2.24) is 10.2 Å². The summed E-state index contributed by atoms with van der Waals surface area (Å²) in [5.41, 5.74) is 1.85. The number of aromatic nitrogens is 2. The predicted molar refractivity (Wildman–Crippen MR) is 95.0 cm³/mol. The van der Waals surface area contributed by atoms with E-state index in [1.165, 1.54) is 11.8 Å². The van der Waals surface area contributed by atoms with Crippen LogP contribution in [0.4, 0.5) is 0 Å². The van der Waals surface area contributed by atoms with Crippen LogP contribution in [0.15, 0.2) is 56.6 Å². The Balaban J connectivity index is 1.74. The summed E-state index contributed by atoms with van der Waals surface area (Å²) in [5, 5.41) is 9.26. The molecule has 7 heteroatoms. The van der Waals surface area contributed by atoms with Crippen LogP contribution in [0.2, 0.25) is 5.02 Å². The van der Waals surface area contributed by atoms with Gasteiger partial charge in [0.05, 0.1) is 7.11 Å². The molecule has 23 heavy (non-hydrogen) atoms. The van der Waals surface area contributed by atoms with Crippen LogP contribution in [0, 0.1) is 0 Å². The van der Waals surface area contributed by atoms with Crippen molar-refractivity contribution in [3.05, 3.63) is 57.5 Å². The number of ether oxygens (including phenoxy) is 1. The van der Waals surface area contributed by atoms with Gasteiger partial charge in [-0.2, -0.15) is 0 Å². The Bertz CT molecular complexity index is 825. The second-order valence-electron chi connectivity index (χ2n) is 4.63. The lowest BCUT2D eigenvalue weighted by atomic mass is 10.2. The normalized spacial score (nSPS) is 10.7. The smallest absolute Gasteiger partial charge is 0.277 e. The maximum atomic E-state index is 5.98. The summed E-state index contributed by atoms with van der Waals surface area (Å²) in [5.74, 6) is 1.95. The zero-order chi connectivity index (χ0) is 16.2. The molecule has 0 saturated carbocycles. The van der Waals surface area contributed by atoms with Gasteiger partial charge in [-0.1, -0.05) is 45.4 Å². The highest BCUT2D eigenvalue weighted by atomic mass is 79.9. The number of methoxy groups -OCH3 is 1. The minimum atomic E-state index is 0.455. The van der Waals surface area contributed by atoms with Crippen molar-refractivity contribution in [2.75, 3.05) is 7.11 Å². The first-order valence-electron chi connectivity index (χ1n) is 6.70. The number of rotatable bonds is 5. The lowest BCUT2D eigenvalue weighted by Crippen LogP contribution is -1.90. The number of halogens is 2. The zero-order valence-electron chi connectivity index (χ0n) is 12.1. The fourth-order valence-corrected chi connectivity index (χ4v) is 3.35. The van der Waals surface area contributed by atoms with E-state index in [1.807, 2.05) is 30.3 Å². The van der Waals surface area contributed by atoms with E-state index in [0.29, 0.717) is 21.9 Å². The lowest BCUT2D eigenvalue weighted by Gasteiger charge is -2.07. The maximum absolute atomic E-state index is 5.98. The maximum Gasteiger partial charge on any atom is 0.277 e. The summed E-state index contributed by atoms with van der Waals surface area (Å²) < 4.78 is 12.0. The Kier molecular flexibility index (Phi) is 5.25. The Hall–Kier alpha value is -1.50. The summed E-state index contributed by atoms with van der Waals surface area (Å²) in [6.45, 7) is 0. The minimum Gasteiger partial charge on any atom is -0.496 e. The van der Waals surface area contributed by atoms with Crippen LogP contribution in [0.5, 0.6) is 5.75 Å². The highest BCUT2D eigenvalue weighted by Crippen LogP contribution is 2.31. The van der Waals surface area contributed by atoms with Gasteiger partial charge in [0.1, 0.15) is 5.75 Å². The molecule has 0 N–H and O–H groups in total. The molecule has 3 rings (SSSR count). The molecule has 0 bridgehead atoms. The first-order chi connectivity index (χ1) is 11.2.